The summed E-state index contributed by atoms with van der Waals surface area (Å²) in [6.45, 7) is 2.35. The zero-order valence-electron chi connectivity index (χ0n) is 18.2. The zero-order valence-corrected chi connectivity index (χ0v) is 18.2. The SMILES string of the molecule is Cc1c(-c2ccc(C(=O)O)cc2)cc(-c2ccc(OC=O)cc2)cc1-c1ccc(C(=O)O)cc1. The van der Waals surface area contributed by atoms with Gasteiger partial charge < -0.3 is 14.9 Å². The standard InChI is InChI=1S/C28H20O6/c1-17-25(19-2-6-21(7-3-19)27(30)31)14-23(18-10-12-24(13-11-18)34-16-29)15-26(17)20-4-8-22(9-5-20)28(32)33/h2-16H,1H3,(H,30,31)(H,32,33). The number of ether oxygens (including phenoxy) is 1. The summed E-state index contributed by atoms with van der Waals surface area (Å²) in [5.41, 5.74) is 6.71. The number of benzene rings is 4. The van der Waals surface area contributed by atoms with E-state index in [4.69, 9.17) is 4.74 Å². The molecule has 0 bridgehead atoms. The molecule has 0 atom stereocenters. The topological polar surface area (TPSA) is 101 Å². The predicted octanol–water partition coefficient (Wildman–Crippen LogP) is 5.93. The Bertz CT molecular complexity index is 1290. The lowest BCUT2D eigenvalue weighted by Gasteiger charge is -2.16. The van der Waals surface area contributed by atoms with Gasteiger partial charge in [-0.25, -0.2) is 9.59 Å². The van der Waals surface area contributed by atoms with Crippen LogP contribution in [0.15, 0.2) is 84.9 Å². The molecule has 34 heavy (non-hydrogen) atoms. The van der Waals surface area contributed by atoms with Gasteiger partial charge in [0, 0.05) is 0 Å². The van der Waals surface area contributed by atoms with Crippen LogP contribution >= 0.6 is 0 Å². The molecule has 0 heterocycles. The second-order valence-electron chi connectivity index (χ2n) is 7.70. The van der Waals surface area contributed by atoms with Crippen LogP contribution in [0.2, 0.25) is 0 Å². The molecule has 0 aromatic heterocycles. The number of aromatic carboxylic acids is 2. The van der Waals surface area contributed by atoms with Gasteiger partial charge in [-0.2, -0.15) is 0 Å². The third-order valence-corrected chi connectivity index (χ3v) is 5.67. The number of carbonyl (C=O) groups is 3. The molecule has 0 aliphatic carbocycles. The Morgan fingerprint density at radius 3 is 1.44 bits per heavy atom. The molecule has 4 aromatic carbocycles. The van der Waals surface area contributed by atoms with E-state index in [1.54, 1.807) is 60.7 Å². The van der Waals surface area contributed by atoms with Crippen LogP contribution in [0.1, 0.15) is 26.3 Å². The molecule has 0 saturated heterocycles. The third kappa shape index (κ3) is 4.56. The first-order chi connectivity index (χ1) is 16.4. The van der Waals surface area contributed by atoms with E-state index in [-0.39, 0.29) is 11.1 Å². The second kappa shape index (κ2) is 9.42. The summed E-state index contributed by atoms with van der Waals surface area (Å²) in [6, 6.07) is 24.5. The highest BCUT2D eigenvalue weighted by molar-refractivity contribution is 5.91. The Kier molecular flexibility index (Phi) is 6.23. The lowest BCUT2D eigenvalue weighted by Crippen LogP contribution is -1.97. The molecule has 4 rings (SSSR count). The molecular weight excluding hydrogens is 432 g/mol. The molecule has 0 spiro atoms. The molecule has 0 saturated carbocycles. The predicted molar refractivity (Wildman–Crippen MR) is 128 cm³/mol. The highest BCUT2D eigenvalue weighted by atomic mass is 16.5. The highest BCUT2D eigenvalue weighted by Crippen LogP contribution is 2.37. The summed E-state index contributed by atoms with van der Waals surface area (Å²) in [7, 11) is 0. The summed E-state index contributed by atoms with van der Waals surface area (Å²) in [5.74, 6) is -1.55. The van der Waals surface area contributed by atoms with Crippen molar-refractivity contribution in [2.24, 2.45) is 0 Å². The molecule has 0 radical (unpaired) electrons. The van der Waals surface area contributed by atoms with Crippen molar-refractivity contribution >= 4 is 18.4 Å². The largest absolute Gasteiger partial charge is 0.478 e. The van der Waals surface area contributed by atoms with Gasteiger partial charge in [0.2, 0.25) is 0 Å². The maximum Gasteiger partial charge on any atom is 0.335 e. The summed E-state index contributed by atoms with van der Waals surface area (Å²) >= 11 is 0. The highest BCUT2D eigenvalue weighted by Gasteiger charge is 2.14. The van der Waals surface area contributed by atoms with Crippen LogP contribution in [-0.2, 0) is 4.79 Å². The minimum Gasteiger partial charge on any atom is -0.478 e. The van der Waals surface area contributed by atoms with Gasteiger partial charge in [0.1, 0.15) is 5.75 Å². The second-order valence-corrected chi connectivity index (χ2v) is 7.70. The molecular formula is C28H20O6. The Hall–Kier alpha value is -4.71. The van der Waals surface area contributed by atoms with Crippen molar-refractivity contribution in [1.82, 2.24) is 0 Å². The molecule has 6 heteroatoms. The number of hydrogen-bond acceptors (Lipinski definition) is 4. The van der Waals surface area contributed by atoms with Crippen molar-refractivity contribution in [1.29, 1.82) is 0 Å². The summed E-state index contributed by atoms with van der Waals surface area (Å²) < 4.78 is 4.89. The van der Waals surface area contributed by atoms with Gasteiger partial charge in [-0.3, -0.25) is 4.79 Å². The van der Waals surface area contributed by atoms with Gasteiger partial charge in [-0.1, -0.05) is 36.4 Å². The summed E-state index contributed by atoms with van der Waals surface area (Å²) in [4.78, 5) is 33.1. The van der Waals surface area contributed by atoms with E-state index < -0.39 is 11.9 Å². The third-order valence-electron chi connectivity index (χ3n) is 5.67. The van der Waals surface area contributed by atoms with Crippen LogP contribution in [0, 0.1) is 6.92 Å². The van der Waals surface area contributed by atoms with Crippen molar-refractivity contribution in [3.05, 3.63) is 102 Å². The Morgan fingerprint density at radius 2 is 1.06 bits per heavy atom. The zero-order chi connectivity index (χ0) is 24.2. The first-order valence-corrected chi connectivity index (χ1v) is 10.4. The van der Waals surface area contributed by atoms with Gasteiger partial charge in [0.15, 0.2) is 0 Å². The van der Waals surface area contributed by atoms with Gasteiger partial charge in [0.25, 0.3) is 6.47 Å². The Balaban J connectivity index is 1.88. The first kappa shape index (κ1) is 22.5. The molecule has 0 unspecified atom stereocenters. The van der Waals surface area contributed by atoms with Gasteiger partial charge in [0.05, 0.1) is 11.1 Å². The van der Waals surface area contributed by atoms with E-state index in [1.807, 2.05) is 31.2 Å². The molecule has 168 valence electrons. The minimum absolute atomic E-state index is 0.202. The fraction of sp³-hybridized carbons (Fsp3) is 0.0357. The van der Waals surface area contributed by atoms with E-state index in [0.29, 0.717) is 12.2 Å². The Labute approximate surface area is 195 Å². The number of rotatable bonds is 7. The van der Waals surface area contributed by atoms with Crippen molar-refractivity contribution in [2.45, 2.75) is 6.92 Å². The Morgan fingerprint density at radius 1 is 0.647 bits per heavy atom. The lowest BCUT2D eigenvalue weighted by atomic mass is 9.88. The van der Waals surface area contributed by atoms with E-state index in [2.05, 4.69) is 0 Å². The summed E-state index contributed by atoms with van der Waals surface area (Å²) in [6.07, 6.45) is 0. The molecule has 0 amide bonds. The fourth-order valence-electron chi connectivity index (χ4n) is 3.85. The quantitative estimate of drug-likeness (QED) is 0.337. The molecule has 0 aliphatic rings. The number of hydrogen-bond donors (Lipinski definition) is 2. The van der Waals surface area contributed by atoms with Gasteiger partial charge >= 0.3 is 11.9 Å². The van der Waals surface area contributed by atoms with Crippen molar-refractivity contribution in [2.75, 3.05) is 0 Å². The fourth-order valence-corrected chi connectivity index (χ4v) is 3.85. The van der Waals surface area contributed by atoms with E-state index in [1.165, 1.54) is 0 Å². The van der Waals surface area contributed by atoms with E-state index >= 15 is 0 Å². The molecule has 6 nitrogen and oxygen atoms in total. The minimum atomic E-state index is -0.992. The number of carboxylic acid groups (broad SMARTS) is 2. The van der Waals surface area contributed by atoms with Gasteiger partial charge in [-0.15, -0.1) is 0 Å². The maximum atomic E-state index is 11.3. The van der Waals surface area contributed by atoms with Crippen LogP contribution in [0.5, 0.6) is 5.75 Å². The summed E-state index contributed by atoms with van der Waals surface area (Å²) in [5, 5.41) is 18.5. The van der Waals surface area contributed by atoms with Crippen LogP contribution in [-0.4, -0.2) is 28.6 Å². The average molecular weight is 452 g/mol. The van der Waals surface area contributed by atoms with Gasteiger partial charge in [-0.05, 0) is 94.4 Å². The molecule has 4 aromatic rings. The monoisotopic (exact) mass is 452 g/mol. The average Bonchev–Trinajstić information content (AvgIpc) is 2.85. The maximum absolute atomic E-state index is 11.3. The lowest BCUT2D eigenvalue weighted by molar-refractivity contribution is -0.120. The molecule has 0 fully saturated rings. The van der Waals surface area contributed by atoms with Crippen LogP contribution in [0.4, 0.5) is 0 Å². The van der Waals surface area contributed by atoms with E-state index in [9.17, 15) is 24.6 Å². The van der Waals surface area contributed by atoms with Crippen LogP contribution in [0.3, 0.4) is 0 Å². The molecule has 0 aliphatic heterocycles. The van der Waals surface area contributed by atoms with Crippen LogP contribution < -0.4 is 4.74 Å². The van der Waals surface area contributed by atoms with Crippen molar-refractivity contribution < 1.29 is 29.3 Å². The number of carbonyl (C=O) groups excluding carboxylic acids is 1. The van der Waals surface area contributed by atoms with Crippen molar-refractivity contribution in [3.63, 3.8) is 0 Å². The number of carboxylic acids is 2. The first-order valence-electron chi connectivity index (χ1n) is 10.4. The van der Waals surface area contributed by atoms with Crippen molar-refractivity contribution in [3.8, 4) is 39.1 Å². The molecule has 2 N–H and O–H groups in total. The smallest absolute Gasteiger partial charge is 0.335 e. The van der Waals surface area contributed by atoms with Crippen LogP contribution in [0.25, 0.3) is 33.4 Å². The van der Waals surface area contributed by atoms with E-state index in [0.717, 1.165) is 38.9 Å². The normalized spacial score (nSPS) is 10.5.